The fourth-order valence-corrected chi connectivity index (χ4v) is 4.36. The first kappa shape index (κ1) is 25.6. The number of aryl methyl sites for hydroxylation is 2. The summed E-state index contributed by atoms with van der Waals surface area (Å²) in [6.45, 7) is 3.86. The lowest BCUT2D eigenvalue weighted by atomic mass is 10.1. The topological polar surface area (TPSA) is 65.4 Å². The van der Waals surface area contributed by atoms with Crippen molar-refractivity contribution in [2.45, 2.75) is 39.2 Å². The lowest BCUT2D eigenvalue weighted by Gasteiger charge is -2.12. The van der Waals surface area contributed by atoms with Gasteiger partial charge in [-0.1, -0.05) is 42.3 Å². The molecule has 0 aliphatic carbocycles. The molecule has 0 bridgehead atoms. The number of unbranched alkanes of at least 4 members (excludes halogenated alkanes) is 2. The zero-order valence-corrected chi connectivity index (χ0v) is 21.6. The highest BCUT2D eigenvalue weighted by atomic mass is 35.5. The van der Waals surface area contributed by atoms with Crippen molar-refractivity contribution >= 4 is 28.5 Å². The molecule has 0 radical (unpaired) electrons. The standard InChI is InChI=1S/C29H32ClN3O3/c1-21-20-22(15-16-24(21)30)36-19-18-33-26-12-7-6-11-25(26)32-28(33)14-4-3-9-17-31-29(34)23-10-5-8-13-27(23)35-2/h5-8,10-13,15-16,20H,3-4,9,14,17-19H2,1-2H3,(H,31,34). The Bertz CT molecular complexity index is 1320. The van der Waals surface area contributed by atoms with Crippen LogP contribution in [-0.4, -0.2) is 35.7 Å². The van der Waals surface area contributed by atoms with Crippen LogP contribution in [-0.2, 0) is 13.0 Å². The number of rotatable bonds is 12. The highest BCUT2D eigenvalue weighted by molar-refractivity contribution is 6.31. The molecular weight excluding hydrogens is 474 g/mol. The molecule has 4 rings (SSSR count). The fraction of sp³-hybridized carbons (Fsp3) is 0.310. The van der Waals surface area contributed by atoms with Gasteiger partial charge in [-0.3, -0.25) is 4.79 Å². The van der Waals surface area contributed by atoms with Crippen LogP contribution in [0.25, 0.3) is 11.0 Å². The summed E-state index contributed by atoms with van der Waals surface area (Å²) in [5, 5.41) is 3.73. The molecule has 0 aliphatic rings. The Morgan fingerprint density at radius 1 is 1.03 bits per heavy atom. The van der Waals surface area contributed by atoms with Crippen LogP contribution in [0.3, 0.4) is 0 Å². The first-order valence-corrected chi connectivity index (χ1v) is 12.7. The molecule has 188 valence electrons. The molecule has 1 aromatic heterocycles. The van der Waals surface area contributed by atoms with E-state index in [9.17, 15) is 4.79 Å². The van der Waals surface area contributed by atoms with Gasteiger partial charge in [-0.2, -0.15) is 0 Å². The molecule has 7 heteroatoms. The smallest absolute Gasteiger partial charge is 0.255 e. The molecule has 1 N–H and O–H groups in total. The number of hydrogen-bond donors (Lipinski definition) is 1. The third kappa shape index (κ3) is 6.38. The number of nitrogens with zero attached hydrogens (tertiary/aromatic N) is 2. The number of imidazole rings is 1. The van der Waals surface area contributed by atoms with Crippen molar-refractivity contribution in [3.8, 4) is 11.5 Å². The van der Waals surface area contributed by atoms with Gasteiger partial charge in [0.2, 0.25) is 0 Å². The van der Waals surface area contributed by atoms with Gasteiger partial charge in [0.15, 0.2) is 0 Å². The van der Waals surface area contributed by atoms with Gasteiger partial charge in [0.25, 0.3) is 5.91 Å². The van der Waals surface area contributed by atoms with E-state index >= 15 is 0 Å². The average Bonchev–Trinajstić information content (AvgIpc) is 3.25. The van der Waals surface area contributed by atoms with Gasteiger partial charge in [-0.05, 0) is 67.8 Å². The maximum Gasteiger partial charge on any atom is 0.255 e. The van der Waals surface area contributed by atoms with E-state index < -0.39 is 0 Å². The van der Waals surface area contributed by atoms with E-state index in [2.05, 4.69) is 16.0 Å². The van der Waals surface area contributed by atoms with Gasteiger partial charge in [0.05, 0.1) is 30.3 Å². The van der Waals surface area contributed by atoms with E-state index in [0.717, 1.165) is 58.9 Å². The molecule has 1 amide bonds. The number of carbonyl (C=O) groups excluding carboxylic acids is 1. The van der Waals surface area contributed by atoms with Crippen molar-refractivity contribution in [2.24, 2.45) is 0 Å². The Morgan fingerprint density at radius 2 is 1.83 bits per heavy atom. The first-order chi connectivity index (χ1) is 17.6. The van der Waals surface area contributed by atoms with Gasteiger partial charge >= 0.3 is 0 Å². The van der Waals surface area contributed by atoms with Crippen LogP contribution < -0.4 is 14.8 Å². The summed E-state index contributed by atoms with van der Waals surface area (Å²) in [6, 6.07) is 21.2. The number of benzene rings is 3. The summed E-state index contributed by atoms with van der Waals surface area (Å²) in [5.41, 5.74) is 3.68. The Kier molecular flexibility index (Phi) is 8.85. The lowest BCUT2D eigenvalue weighted by Crippen LogP contribution is -2.24. The van der Waals surface area contributed by atoms with E-state index in [-0.39, 0.29) is 5.91 Å². The highest BCUT2D eigenvalue weighted by Gasteiger charge is 2.12. The number of carbonyl (C=O) groups is 1. The lowest BCUT2D eigenvalue weighted by molar-refractivity contribution is 0.0950. The van der Waals surface area contributed by atoms with Gasteiger partial charge in [-0.15, -0.1) is 0 Å². The minimum absolute atomic E-state index is 0.106. The molecule has 0 unspecified atom stereocenters. The second kappa shape index (κ2) is 12.5. The summed E-state index contributed by atoms with van der Waals surface area (Å²) in [4.78, 5) is 17.3. The summed E-state index contributed by atoms with van der Waals surface area (Å²) < 4.78 is 13.5. The summed E-state index contributed by atoms with van der Waals surface area (Å²) in [6.07, 6.45) is 3.76. The van der Waals surface area contributed by atoms with Crippen LogP contribution in [0.4, 0.5) is 0 Å². The normalized spacial score (nSPS) is 11.0. The predicted molar refractivity (Wildman–Crippen MR) is 144 cm³/mol. The minimum atomic E-state index is -0.106. The summed E-state index contributed by atoms with van der Waals surface area (Å²) >= 11 is 6.12. The van der Waals surface area contributed by atoms with Crippen molar-refractivity contribution in [1.82, 2.24) is 14.9 Å². The Hall–Kier alpha value is -3.51. The molecule has 0 saturated carbocycles. The molecule has 0 fully saturated rings. The number of amides is 1. The van der Waals surface area contributed by atoms with Gasteiger partial charge < -0.3 is 19.4 Å². The van der Waals surface area contributed by atoms with Crippen LogP contribution in [0.2, 0.25) is 5.02 Å². The molecule has 0 spiro atoms. The number of aromatic nitrogens is 2. The quantitative estimate of drug-likeness (QED) is 0.232. The summed E-state index contributed by atoms with van der Waals surface area (Å²) in [7, 11) is 1.57. The second-order valence-electron chi connectivity index (χ2n) is 8.69. The predicted octanol–water partition coefficient (Wildman–Crippen LogP) is 6.23. The molecular formula is C29H32ClN3O3. The van der Waals surface area contributed by atoms with Crippen LogP contribution in [0, 0.1) is 6.92 Å². The van der Waals surface area contributed by atoms with Crippen molar-refractivity contribution in [3.63, 3.8) is 0 Å². The van der Waals surface area contributed by atoms with E-state index in [1.165, 1.54) is 0 Å². The van der Waals surface area contributed by atoms with E-state index in [1.807, 2.05) is 55.5 Å². The minimum Gasteiger partial charge on any atom is -0.496 e. The van der Waals surface area contributed by atoms with E-state index in [1.54, 1.807) is 19.2 Å². The Balaban J connectivity index is 1.28. The number of hydrogen-bond acceptors (Lipinski definition) is 4. The average molecular weight is 506 g/mol. The Labute approximate surface area is 217 Å². The van der Waals surface area contributed by atoms with Crippen molar-refractivity contribution in [3.05, 3.63) is 88.7 Å². The fourth-order valence-electron chi connectivity index (χ4n) is 4.24. The molecule has 36 heavy (non-hydrogen) atoms. The third-order valence-electron chi connectivity index (χ3n) is 6.16. The maximum atomic E-state index is 12.4. The van der Waals surface area contributed by atoms with Crippen LogP contribution in [0.5, 0.6) is 11.5 Å². The van der Waals surface area contributed by atoms with Crippen LogP contribution >= 0.6 is 11.6 Å². The molecule has 3 aromatic carbocycles. The first-order valence-electron chi connectivity index (χ1n) is 12.3. The maximum absolute atomic E-state index is 12.4. The van der Waals surface area contributed by atoms with Gasteiger partial charge in [-0.25, -0.2) is 4.98 Å². The second-order valence-corrected chi connectivity index (χ2v) is 9.10. The largest absolute Gasteiger partial charge is 0.496 e. The molecule has 1 heterocycles. The number of fused-ring (bicyclic) bond motifs is 1. The van der Waals surface area contributed by atoms with Gasteiger partial charge in [0.1, 0.15) is 23.9 Å². The molecule has 0 aliphatic heterocycles. The SMILES string of the molecule is COc1ccccc1C(=O)NCCCCCc1nc2ccccc2n1CCOc1ccc(Cl)c(C)c1. The number of para-hydroxylation sites is 3. The van der Waals surface area contributed by atoms with Crippen LogP contribution in [0.15, 0.2) is 66.7 Å². The summed E-state index contributed by atoms with van der Waals surface area (Å²) in [5.74, 6) is 2.36. The monoisotopic (exact) mass is 505 g/mol. The molecule has 4 aromatic rings. The zero-order valence-electron chi connectivity index (χ0n) is 20.8. The highest BCUT2D eigenvalue weighted by Crippen LogP contribution is 2.22. The molecule has 0 atom stereocenters. The molecule has 6 nitrogen and oxygen atoms in total. The zero-order chi connectivity index (χ0) is 25.3. The number of nitrogens with one attached hydrogen (secondary N) is 1. The number of ether oxygens (including phenoxy) is 2. The Morgan fingerprint density at radius 3 is 2.67 bits per heavy atom. The van der Waals surface area contributed by atoms with E-state index in [4.69, 9.17) is 26.1 Å². The van der Waals surface area contributed by atoms with Crippen molar-refractivity contribution in [1.29, 1.82) is 0 Å². The van der Waals surface area contributed by atoms with Crippen LogP contribution in [0.1, 0.15) is 41.0 Å². The third-order valence-corrected chi connectivity index (χ3v) is 6.59. The number of methoxy groups -OCH3 is 1. The van der Waals surface area contributed by atoms with Crippen molar-refractivity contribution in [2.75, 3.05) is 20.3 Å². The van der Waals surface area contributed by atoms with E-state index in [0.29, 0.717) is 31.0 Å². The van der Waals surface area contributed by atoms with Gasteiger partial charge in [0, 0.05) is 18.0 Å². The number of halogens is 1. The molecule has 0 saturated heterocycles. The van der Waals surface area contributed by atoms with Crippen molar-refractivity contribution < 1.29 is 14.3 Å².